The summed E-state index contributed by atoms with van der Waals surface area (Å²) in [6.07, 6.45) is -1.29. The molecule has 0 atom stereocenters. The van der Waals surface area contributed by atoms with Crippen molar-refractivity contribution in [3.8, 4) is 6.07 Å². The van der Waals surface area contributed by atoms with Crippen LogP contribution in [-0.4, -0.2) is 11.6 Å². The maximum Gasteiger partial charge on any atom is 0.408 e. The molecule has 0 unspecified atom stereocenters. The predicted molar refractivity (Wildman–Crippen MR) is 59.5 cm³/mol. The molecule has 0 heterocycles. The molecule has 1 aromatic rings. The van der Waals surface area contributed by atoms with Crippen LogP contribution in [0.15, 0.2) is 30.3 Å². The highest BCUT2D eigenvalue weighted by Gasteiger charge is 2.19. The quantitative estimate of drug-likeness (QED) is 0.856. The van der Waals surface area contributed by atoms with E-state index in [2.05, 4.69) is 0 Å². The number of rotatable bonds is 3. The second-order valence-electron chi connectivity index (χ2n) is 3.05. The maximum absolute atomic E-state index is 11.7. The second-order valence-corrected chi connectivity index (χ2v) is 3.05. The van der Waals surface area contributed by atoms with E-state index in [1.165, 1.54) is 6.07 Å². The zero-order valence-corrected chi connectivity index (χ0v) is 8.36. The molecule has 4 heteroatoms. The fraction of sp³-hybridized carbons (Fsp3) is 0.333. The van der Waals surface area contributed by atoms with Gasteiger partial charge in [-0.25, -0.2) is 4.79 Å². The van der Waals surface area contributed by atoms with Crippen LogP contribution in [0.3, 0.4) is 0 Å². The van der Waals surface area contributed by atoms with Crippen molar-refractivity contribution in [2.75, 3.05) is 0 Å². The third-order valence-corrected chi connectivity index (χ3v) is 1.67. The predicted octanol–water partition coefficient (Wildman–Crippen LogP) is 2.21. The second kappa shape index (κ2) is 5.17. The molecule has 0 radical (unpaired) electrons. The summed E-state index contributed by atoms with van der Waals surface area (Å²) < 4.78 is 48.4. The van der Waals surface area contributed by atoms with Gasteiger partial charge in [-0.1, -0.05) is 30.3 Å². The van der Waals surface area contributed by atoms with Crippen molar-refractivity contribution >= 4 is 6.09 Å². The van der Waals surface area contributed by atoms with Crippen molar-refractivity contribution < 1.29 is 17.8 Å². The average Bonchev–Trinajstić information content (AvgIpc) is 2.41. The minimum atomic E-state index is -3.25. The first kappa shape index (κ1) is 5.90. The molecule has 1 aromatic carbocycles. The van der Waals surface area contributed by atoms with Gasteiger partial charge in [0.25, 0.3) is 0 Å². The largest absolute Gasteiger partial charge is 0.445 e. The fourth-order valence-electron chi connectivity index (χ4n) is 0.940. The molecular weight excluding hydrogens is 204 g/mol. The van der Waals surface area contributed by atoms with Gasteiger partial charge in [-0.05, 0) is 19.3 Å². The number of nitriles is 1. The first-order valence-corrected chi connectivity index (χ1v) is 4.43. The molecule has 0 aliphatic carbocycles. The molecule has 84 valence electrons. The molecule has 0 saturated carbocycles. The number of ether oxygens (including phenoxy) is 1. The zero-order chi connectivity index (χ0) is 17.0. The van der Waals surface area contributed by atoms with E-state index in [4.69, 9.17) is 18.2 Å². The van der Waals surface area contributed by atoms with Gasteiger partial charge in [-0.3, -0.25) is 0 Å². The number of nitrogens with one attached hydrogen (secondary N) is 1. The Balaban J connectivity index is 2.88. The SMILES string of the molecule is [2H]C([2H])([2H])C(C#N)(NC(=O)OCc1ccccc1)C([2H])([2H])[2H]. The van der Waals surface area contributed by atoms with E-state index in [0.717, 1.165) is 0 Å². The Morgan fingerprint density at radius 3 is 2.81 bits per heavy atom. The Bertz CT molecular complexity index is 548. The Kier molecular flexibility index (Phi) is 1.91. The smallest absolute Gasteiger partial charge is 0.408 e. The molecule has 0 bridgehead atoms. The lowest BCUT2D eigenvalue weighted by Crippen LogP contribution is -2.42. The minimum Gasteiger partial charge on any atom is -0.445 e. The molecule has 1 rings (SSSR count). The molecule has 16 heavy (non-hydrogen) atoms. The van der Waals surface area contributed by atoms with Crippen molar-refractivity contribution in [1.29, 1.82) is 5.26 Å². The van der Waals surface area contributed by atoms with Gasteiger partial charge < -0.3 is 10.1 Å². The molecular formula is C12H14N2O2. The third-order valence-electron chi connectivity index (χ3n) is 1.67. The number of carbonyl (C=O) groups is 1. The van der Waals surface area contributed by atoms with E-state index in [1.807, 2.05) is 0 Å². The number of alkyl carbamates (subject to hydrolysis) is 1. The molecule has 0 aliphatic rings. The summed E-state index contributed by atoms with van der Waals surface area (Å²) >= 11 is 0. The van der Waals surface area contributed by atoms with Gasteiger partial charge in [0.1, 0.15) is 12.1 Å². The number of carbonyl (C=O) groups excluding carboxylic acids is 1. The van der Waals surface area contributed by atoms with E-state index in [0.29, 0.717) is 5.56 Å². The van der Waals surface area contributed by atoms with Crippen LogP contribution >= 0.6 is 0 Å². The topological polar surface area (TPSA) is 62.1 Å². The van der Waals surface area contributed by atoms with Gasteiger partial charge in [0.05, 0.1) is 6.07 Å². The summed E-state index contributed by atoms with van der Waals surface area (Å²) in [5.74, 6) is 0. The molecule has 1 N–H and O–H groups in total. The van der Waals surface area contributed by atoms with Crippen molar-refractivity contribution in [3.63, 3.8) is 0 Å². The van der Waals surface area contributed by atoms with Crippen molar-refractivity contribution in [3.05, 3.63) is 35.9 Å². The minimum absolute atomic E-state index is 0.184. The molecule has 0 saturated heterocycles. The third kappa shape index (κ3) is 4.01. The number of hydrogen-bond donors (Lipinski definition) is 1. The first-order chi connectivity index (χ1) is 10.0. The van der Waals surface area contributed by atoms with E-state index < -0.39 is 25.3 Å². The summed E-state index contributed by atoms with van der Waals surface area (Å²) in [5, 5.41) is 10.7. The van der Waals surface area contributed by atoms with Gasteiger partial charge in [0, 0.05) is 8.22 Å². The lowest BCUT2D eigenvalue weighted by Gasteiger charge is -2.16. The zero-order valence-electron chi connectivity index (χ0n) is 14.4. The highest BCUT2D eigenvalue weighted by Crippen LogP contribution is 2.03. The van der Waals surface area contributed by atoms with Crippen molar-refractivity contribution in [2.45, 2.75) is 25.8 Å². The lowest BCUT2D eigenvalue weighted by atomic mass is 10.1. The van der Waals surface area contributed by atoms with Crippen LogP contribution in [0, 0.1) is 11.3 Å². The normalized spacial score (nSPS) is 17.4. The Morgan fingerprint density at radius 2 is 2.25 bits per heavy atom. The highest BCUT2D eigenvalue weighted by molar-refractivity contribution is 5.68. The van der Waals surface area contributed by atoms with E-state index >= 15 is 0 Å². The van der Waals surface area contributed by atoms with Crippen LogP contribution in [-0.2, 0) is 11.3 Å². The van der Waals surface area contributed by atoms with E-state index in [9.17, 15) is 4.79 Å². The van der Waals surface area contributed by atoms with Gasteiger partial charge in [0.15, 0.2) is 0 Å². The molecule has 0 spiro atoms. The van der Waals surface area contributed by atoms with Crippen LogP contribution in [0.2, 0.25) is 0 Å². The molecule has 4 nitrogen and oxygen atoms in total. The van der Waals surface area contributed by atoms with Crippen LogP contribution in [0.4, 0.5) is 4.79 Å². The summed E-state index contributed by atoms with van der Waals surface area (Å²) in [5.41, 5.74) is -2.41. The van der Waals surface area contributed by atoms with Crippen LogP contribution in [0.25, 0.3) is 0 Å². The molecule has 0 aromatic heterocycles. The summed E-state index contributed by atoms with van der Waals surface area (Å²) in [4.78, 5) is 11.7. The monoisotopic (exact) mass is 224 g/mol. The van der Waals surface area contributed by atoms with Crippen molar-refractivity contribution in [1.82, 2.24) is 5.32 Å². The highest BCUT2D eigenvalue weighted by atomic mass is 16.5. The summed E-state index contributed by atoms with van der Waals surface area (Å²) in [6.45, 7) is -6.69. The average molecular weight is 224 g/mol. The van der Waals surface area contributed by atoms with Gasteiger partial charge in [0.2, 0.25) is 0 Å². The molecule has 1 amide bonds. The molecule has 0 fully saturated rings. The Morgan fingerprint density at radius 1 is 1.56 bits per heavy atom. The number of nitrogens with zero attached hydrogens (tertiary/aromatic N) is 1. The van der Waals surface area contributed by atoms with E-state index in [-0.39, 0.29) is 6.61 Å². The van der Waals surface area contributed by atoms with Crippen molar-refractivity contribution in [2.24, 2.45) is 0 Å². The van der Waals surface area contributed by atoms with Gasteiger partial charge >= 0.3 is 6.09 Å². The first-order valence-electron chi connectivity index (χ1n) is 7.43. The summed E-state index contributed by atoms with van der Waals surface area (Å²) in [7, 11) is 0. The number of amides is 1. The van der Waals surface area contributed by atoms with Gasteiger partial charge in [-0.15, -0.1) is 0 Å². The number of hydrogen-bond acceptors (Lipinski definition) is 3. The Labute approximate surface area is 103 Å². The Hall–Kier alpha value is -2.02. The van der Waals surface area contributed by atoms with Crippen LogP contribution < -0.4 is 5.32 Å². The standard InChI is InChI=1S/C12H14N2O2/c1-12(2,9-13)14-11(15)16-8-10-6-4-3-5-7-10/h3-7H,8H2,1-2H3,(H,14,15)/i1D3,2D3. The fourth-order valence-corrected chi connectivity index (χ4v) is 0.940. The molecule has 0 aliphatic heterocycles. The summed E-state index contributed by atoms with van der Waals surface area (Å²) in [6, 6.07) is 9.69. The van der Waals surface area contributed by atoms with Crippen LogP contribution in [0.5, 0.6) is 0 Å². The van der Waals surface area contributed by atoms with Crippen LogP contribution in [0.1, 0.15) is 27.5 Å². The lowest BCUT2D eigenvalue weighted by molar-refractivity contribution is 0.133. The van der Waals surface area contributed by atoms with E-state index in [1.54, 1.807) is 35.6 Å². The number of benzene rings is 1. The van der Waals surface area contributed by atoms with Gasteiger partial charge in [-0.2, -0.15) is 5.26 Å². The maximum atomic E-state index is 11.7.